The second-order valence-electron chi connectivity index (χ2n) is 7.35. The molecule has 4 rings (SSSR count). The number of nitrogens with zero attached hydrogens (tertiary/aromatic N) is 3. The highest BCUT2D eigenvalue weighted by Gasteiger charge is 2.44. The van der Waals surface area contributed by atoms with Gasteiger partial charge in [-0.25, -0.2) is 0 Å². The Morgan fingerprint density at radius 1 is 1.30 bits per heavy atom. The van der Waals surface area contributed by atoms with Crippen molar-refractivity contribution in [2.45, 2.75) is 45.7 Å². The molecule has 0 saturated carbocycles. The third kappa shape index (κ3) is 2.38. The van der Waals surface area contributed by atoms with Crippen molar-refractivity contribution in [2.24, 2.45) is 10.6 Å². The van der Waals surface area contributed by atoms with Gasteiger partial charge in [0.25, 0.3) is 0 Å². The summed E-state index contributed by atoms with van der Waals surface area (Å²) >= 11 is 0. The summed E-state index contributed by atoms with van der Waals surface area (Å²) in [5, 5.41) is 12.9. The molecule has 0 radical (unpaired) electrons. The molecule has 1 aromatic rings. The van der Waals surface area contributed by atoms with Crippen molar-refractivity contribution < 1.29 is 10.0 Å². The zero-order valence-electron chi connectivity index (χ0n) is 13.5. The van der Waals surface area contributed by atoms with Crippen molar-refractivity contribution in [1.29, 1.82) is 0 Å². The lowest BCUT2D eigenvalue weighted by molar-refractivity contribution is -0.118. The van der Waals surface area contributed by atoms with Gasteiger partial charge in [0, 0.05) is 43.5 Å². The van der Waals surface area contributed by atoms with Gasteiger partial charge >= 0.3 is 0 Å². The number of allylic oxidation sites excluding steroid dienone is 2. The molecular weight excluding hydrogens is 314 g/mol. The van der Waals surface area contributed by atoms with Crippen LogP contribution in [0.5, 0.6) is 0 Å². The van der Waals surface area contributed by atoms with E-state index in [1.54, 1.807) is 0 Å². The smallest absolute Gasteiger partial charge is 0.167 e. The number of fused-ring (bicyclic) bond motifs is 4. The van der Waals surface area contributed by atoms with E-state index in [1.807, 2.05) is 0 Å². The summed E-state index contributed by atoms with van der Waals surface area (Å²) in [6.07, 6.45) is 4.10. The molecule has 1 atom stereocenters. The van der Waals surface area contributed by atoms with Crippen LogP contribution in [0.15, 0.2) is 34.8 Å². The van der Waals surface area contributed by atoms with Crippen molar-refractivity contribution in [2.75, 3.05) is 6.54 Å². The van der Waals surface area contributed by atoms with Crippen LogP contribution in [0, 0.1) is 5.41 Å². The zero-order valence-corrected chi connectivity index (χ0v) is 14.3. The van der Waals surface area contributed by atoms with E-state index < -0.39 is 0 Å². The monoisotopic (exact) mass is 335 g/mol. The number of hydrogen-bond acceptors (Lipinski definition) is 4. The van der Waals surface area contributed by atoms with Crippen LogP contribution in [0.2, 0.25) is 0 Å². The molecule has 1 N–H and O–H groups in total. The van der Waals surface area contributed by atoms with Gasteiger partial charge in [-0.3, -0.25) is 4.79 Å². The minimum Gasteiger partial charge on any atom is -0.411 e. The summed E-state index contributed by atoms with van der Waals surface area (Å²) < 4.78 is 2.26. The summed E-state index contributed by atoms with van der Waals surface area (Å²) in [6, 6.07) is 4.37. The fourth-order valence-corrected chi connectivity index (χ4v) is 4.24. The average Bonchev–Trinajstić information content (AvgIpc) is 2.93. The van der Waals surface area contributed by atoms with Gasteiger partial charge in [0.15, 0.2) is 5.78 Å². The van der Waals surface area contributed by atoms with Crippen LogP contribution in [0.4, 0.5) is 0 Å². The van der Waals surface area contributed by atoms with Gasteiger partial charge < -0.3 is 14.7 Å². The van der Waals surface area contributed by atoms with E-state index in [1.165, 1.54) is 5.69 Å². The average molecular weight is 336 g/mol. The van der Waals surface area contributed by atoms with E-state index in [2.05, 4.69) is 46.8 Å². The SMILES string of the molecule is CC1(C)CC(=O)C2=C(C1)N1CCn3cccc3C1C/C2=N\O.Cl. The molecule has 0 saturated heterocycles. The van der Waals surface area contributed by atoms with Gasteiger partial charge in [-0.05, 0) is 24.0 Å². The summed E-state index contributed by atoms with van der Waals surface area (Å²) in [4.78, 5) is 15.0. The predicted octanol–water partition coefficient (Wildman–Crippen LogP) is 3.14. The number of carbonyl (C=O) groups is 1. The van der Waals surface area contributed by atoms with E-state index in [-0.39, 0.29) is 29.6 Å². The number of ketones is 1. The maximum atomic E-state index is 12.6. The molecule has 0 aromatic carbocycles. The first kappa shape index (κ1) is 16.1. The van der Waals surface area contributed by atoms with E-state index in [9.17, 15) is 10.0 Å². The molecule has 1 unspecified atom stereocenters. The Morgan fingerprint density at radius 3 is 2.83 bits per heavy atom. The van der Waals surface area contributed by atoms with Gasteiger partial charge in [-0.2, -0.15) is 0 Å². The van der Waals surface area contributed by atoms with E-state index >= 15 is 0 Å². The number of rotatable bonds is 0. The predicted molar refractivity (Wildman–Crippen MR) is 90.0 cm³/mol. The van der Waals surface area contributed by atoms with Gasteiger partial charge in [0.05, 0.1) is 17.3 Å². The third-order valence-corrected chi connectivity index (χ3v) is 5.16. The van der Waals surface area contributed by atoms with Crippen LogP contribution in [0.3, 0.4) is 0 Å². The van der Waals surface area contributed by atoms with Crippen molar-refractivity contribution >= 4 is 23.9 Å². The molecule has 3 heterocycles. The highest BCUT2D eigenvalue weighted by atomic mass is 35.5. The quantitative estimate of drug-likeness (QED) is 0.585. The number of Topliss-reactive ketones (excluding diaryl/α,β-unsaturated/α-hetero) is 1. The van der Waals surface area contributed by atoms with Crippen LogP contribution in [-0.4, -0.2) is 32.7 Å². The van der Waals surface area contributed by atoms with E-state index in [0.717, 1.165) is 25.2 Å². The highest BCUT2D eigenvalue weighted by molar-refractivity contribution is 6.24. The second kappa shape index (κ2) is 5.41. The Bertz CT molecular complexity index is 717. The van der Waals surface area contributed by atoms with Gasteiger partial charge in [-0.1, -0.05) is 19.0 Å². The summed E-state index contributed by atoms with van der Waals surface area (Å²) in [6.45, 7) is 6.13. The van der Waals surface area contributed by atoms with Gasteiger partial charge in [-0.15, -0.1) is 12.4 Å². The molecule has 6 heteroatoms. The molecule has 124 valence electrons. The molecule has 5 nitrogen and oxygen atoms in total. The third-order valence-electron chi connectivity index (χ3n) is 5.16. The molecule has 1 aromatic heterocycles. The van der Waals surface area contributed by atoms with Crippen LogP contribution in [0.1, 0.15) is 44.8 Å². The van der Waals surface area contributed by atoms with Crippen molar-refractivity contribution in [3.63, 3.8) is 0 Å². The summed E-state index contributed by atoms with van der Waals surface area (Å²) in [7, 11) is 0. The summed E-state index contributed by atoms with van der Waals surface area (Å²) in [5.74, 6) is 0.124. The Hall–Kier alpha value is -1.75. The number of carbonyl (C=O) groups excluding carboxylic acids is 1. The van der Waals surface area contributed by atoms with Crippen molar-refractivity contribution in [3.05, 3.63) is 35.3 Å². The number of oxime groups is 1. The maximum Gasteiger partial charge on any atom is 0.167 e. The molecular formula is C17H22ClN3O2. The van der Waals surface area contributed by atoms with Crippen LogP contribution in [-0.2, 0) is 11.3 Å². The second-order valence-corrected chi connectivity index (χ2v) is 7.35. The Labute approximate surface area is 142 Å². The molecule has 0 amide bonds. The first-order valence-electron chi connectivity index (χ1n) is 7.89. The lowest BCUT2D eigenvalue weighted by Gasteiger charge is -2.47. The number of aromatic nitrogens is 1. The molecule has 0 spiro atoms. The number of hydrogen-bond donors (Lipinski definition) is 1. The molecule has 0 fully saturated rings. The Balaban J connectivity index is 0.00000156. The largest absolute Gasteiger partial charge is 0.411 e. The van der Waals surface area contributed by atoms with E-state index in [4.69, 9.17) is 0 Å². The fraction of sp³-hybridized carbons (Fsp3) is 0.529. The fourth-order valence-electron chi connectivity index (χ4n) is 4.24. The minimum atomic E-state index is -0.0299. The van der Waals surface area contributed by atoms with Gasteiger partial charge in [0.1, 0.15) is 0 Å². The minimum absolute atomic E-state index is 0. The Kier molecular flexibility index (Phi) is 3.79. The van der Waals surface area contributed by atoms with Crippen molar-refractivity contribution in [3.8, 4) is 0 Å². The molecule has 1 aliphatic carbocycles. The number of halogens is 1. The van der Waals surface area contributed by atoms with E-state index in [0.29, 0.717) is 24.1 Å². The lowest BCUT2D eigenvalue weighted by atomic mass is 9.72. The topological polar surface area (TPSA) is 57.8 Å². The molecule has 3 aliphatic rings. The standard InChI is InChI=1S/C17H21N3O2.ClH/c1-17(2)9-14-16(15(21)10-17)11(18-22)8-13-12-4-3-5-19(12)6-7-20(13)14;/h3-5,13,22H,6-10H2,1-2H3;1H/b18-11+;. The Morgan fingerprint density at radius 2 is 2.09 bits per heavy atom. The first-order valence-corrected chi connectivity index (χ1v) is 7.89. The summed E-state index contributed by atoms with van der Waals surface area (Å²) in [5.41, 5.74) is 3.54. The molecule has 23 heavy (non-hydrogen) atoms. The van der Waals surface area contributed by atoms with Gasteiger partial charge in [0.2, 0.25) is 0 Å². The normalized spacial score (nSPS) is 27.2. The van der Waals surface area contributed by atoms with Crippen molar-refractivity contribution in [1.82, 2.24) is 9.47 Å². The van der Waals surface area contributed by atoms with Crippen LogP contribution < -0.4 is 0 Å². The highest BCUT2D eigenvalue weighted by Crippen LogP contribution is 2.46. The van der Waals surface area contributed by atoms with Crippen LogP contribution >= 0.6 is 12.4 Å². The lowest BCUT2D eigenvalue weighted by Crippen LogP contribution is -2.46. The molecule has 0 bridgehead atoms. The van der Waals surface area contributed by atoms with Crippen LogP contribution in [0.25, 0.3) is 0 Å². The first-order chi connectivity index (χ1) is 10.5. The zero-order chi connectivity index (χ0) is 15.5. The maximum absolute atomic E-state index is 12.6. The molecule has 2 aliphatic heterocycles.